The van der Waals surface area contributed by atoms with Gasteiger partial charge in [0.25, 0.3) is 0 Å². The van der Waals surface area contributed by atoms with Crippen molar-refractivity contribution < 1.29 is 14.7 Å². The summed E-state index contributed by atoms with van der Waals surface area (Å²) < 4.78 is 0. The maximum atomic E-state index is 11.5. The second-order valence-electron chi connectivity index (χ2n) is 4.69. The van der Waals surface area contributed by atoms with Crippen LogP contribution in [0.5, 0.6) is 0 Å². The van der Waals surface area contributed by atoms with E-state index >= 15 is 0 Å². The lowest BCUT2D eigenvalue weighted by atomic mass is 10.2. The van der Waals surface area contributed by atoms with Crippen LogP contribution in [-0.2, 0) is 9.59 Å². The fourth-order valence-corrected chi connectivity index (χ4v) is 2.03. The molecule has 0 bridgehead atoms. The summed E-state index contributed by atoms with van der Waals surface area (Å²) in [6.07, 6.45) is 2.55. The van der Waals surface area contributed by atoms with E-state index in [1.165, 1.54) is 0 Å². The van der Waals surface area contributed by atoms with Crippen molar-refractivity contribution in [2.24, 2.45) is 0 Å². The Morgan fingerprint density at radius 2 is 2.18 bits per heavy atom. The predicted octanol–water partition coefficient (Wildman–Crippen LogP) is -0.986. The first-order chi connectivity index (χ1) is 8.16. The van der Waals surface area contributed by atoms with Gasteiger partial charge in [0.1, 0.15) is 6.04 Å². The van der Waals surface area contributed by atoms with Crippen molar-refractivity contribution >= 4 is 11.9 Å². The normalized spacial score (nSPS) is 25.5. The van der Waals surface area contributed by atoms with E-state index in [2.05, 4.69) is 10.6 Å². The third-order valence-electron chi connectivity index (χ3n) is 3.21. The second-order valence-corrected chi connectivity index (χ2v) is 4.69. The van der Waals surface area contributed by atoms with Crippen LogP contribution in [0.4, 0.5) is 0 Å². The first-order valence-electron chi connectivity index (χ1n) is 6.14. The molecule has 0 spiro atoms. The summed E-state index contributed by atoms with van der Waals surface area (Å²) in [7, 11) is 0. The molecular formula is C11H19N3O3. The highest BCUT2D eigenvalue weighted by molar-refractivity contribution is 5.77. The van der Waals surface area contributed by atoms with E-state index in [4.69, 9.17) is 5.11 Å². The molecule has 6 nitrogen and oxygen atoms in total. The molecule has 2 aliphatic rings. The van der Waals surface area contributed by atoms with Crippen molar-refractivity contribution in [2.75, 3.05) is 26.2 Å². The molecule has 1 aliphatic heterocycles. The standard InChI is InChI=1S/C11H19N3O3/c15-10(13-8-1-2-8)3-5-14-6-4-12-7-9(14)11(16)17/h8-9,12H,1-7H2,(H,13,15)(H,16,17). The zero-order valence-electron chi connectivity index (χ0n) is 9.82. The van der Waals surface area contributed by atoms with E-state index in [1.807, 2.05) is 4.90 Å². The molecular weight excluding hydrogens is 222 g/mol. The highest BCUT2D eigenvalue weighted by atomic mass is 16.4. The summed E-state index contributed by atoms with van der Waals surface area (Å²) in [5.74, 6) is -0.782. The van der Waals surface area contributed by atoms with Gasteiger partial charge in [-0.2, -0.15) is 0 Å². The minimum Gasteiger partial charge on any atom is -0.480 e. The van der Waals surface area contributed by atoms with Gasteiger partial charge in [0, 0.05) is 38.6 Å². The van der Waals surface area contributed by atoms with Crippen LogP contribution in [0.1, 0.15) is 19.3 Å². The van der Waals surface area contributed by atoms with Crippen molar-refractivity contribution in [3.05, 3.63) is 0 Å². The average Bonchev–Trinajstić information content (AvgIpc) is 3.10. The predicted molar refractivity (Wildman–Crippen MR) is 61.6 cm³/mol. The number of carboxylic acid groups (broad SMARTS) is 1. The highest BCUT2D eigenvalue weighted by Gasteiger charge is 2.29. The number of nitrogens with one attached hydrogen (secondary N) is 2. The number of carboxylic acids is 1. The van der Waals surface area contributed by atoms with Crippen LogP contribution < -0.4 is 10.6 Å². The molecule has 2 fully saturated rings. The minimum atomic E-state index is -0.820. The van der Waals surface area contributed by atoms with Crippen LogP contribution in [0.3, 0.4) is 0 Å². The van der Waals surface area contributed by atoms with Gasteiger partial charge >= 0.3 is 5.97 Å². The van der Waals surface area contributed by atoms with E-state index in [-0.39, 0.29) is 5.91 Å². The Morgan fingerprint density at radius 3 is 2.82 bits per heavy atom. The van der Waals surface area contributed by atoms with Gasteiger partial charge in [0.15, 0.2) is 0 Å². The van der Waals surface area contributed by atoms with Crippen LogP contribution >= 0.6 is 0 Å². The molecule has 1 saturated carbocycles. The Labute approximate surface area is 100 Å². The molecule has 1 aliphatic carbocycles. The van der Waals surface area contributed by atoms with Gasteiger partial charge in [-0.1, -0.05) is 0 Å². The van der Waals surface area contributed by atoms with Crippen molar-refractivity contribution in [3.8, 4) is 0 Å². The molecule has 1 unspecified atom stereocenters. The van der Waals surface area contributed by atoms with E-state index in [0.717, 1.165) is 19.4 Å². The van der Waals surface area contributed by atoms with Crippen molar-refractivity contribution in [3.63, 3.8) is 0 Å². The zero-order chi connectivity index (χ0) is 12.3. The summed E-state index contributed by atoms with van der Waals surface area (Å²) in [5, 5.41) is 15.0. The number of nitrogens with zero attached hydrogens (tertiary/aromatic N) is 1. The fraction of sp³-hybridized carbons (Fsp3) is 0.818. The molecule has 1 atom stereocenters. The number of rotatable bonds is 5. The van der Waals surface area contributed by atoms with Crippen LogP contribution in [0.25, 0.3) is 0 Å². The molecule has 0 aromatic carbocycles. The van der Waals surface area contributed by atoms with Crippen LogP contribution in [0, 0.1) is 0 Å². The molecule has 3 N–H and O–H groups in total. The molecule has 17 heavy (non-hydrogen) atoms. The van der Waals surface area contributed by atoms with Crippen LogP contribution in [0.15, 0.2) is 0 Å². The number of piperazine rings is 1. The summed E-state index contributed by atoms with van der Waals surface area (Å²) in [5.41, 5.74) is 0. The number of hydrogen-bond donors (Lipinski definition) is 3. The summed E-state index contributed by atoms with van der Waals surface area (Å²) >= 11 is 0. The van der Waals surface area contributed by atoms with Crippen LogP contribution in [0.2, 0.25) is 0 Å². The Bertz CT molecular complexity index is 304. The molecule has 2 rings (SSSR count). The maximum Gasteiger partial charge on any atom is 0.322 e. The largest absolute Gasteiger partial charge is 0.480 e. The minimum absolute atomic E-state index is 0.0372. The maximum absolute atomic E-state index is 11.5. The van der Waals surface area contributed by atoms with E-state index < -0.39 is 12.0 Å². The molecule has 1 amide bonds. The summed E-state index contributed by atoms with van der Waals surface area (Å²) in [4.78, 5) is 24.4. The van der Waals surface area contributed by atoms with E-state index in [0.29, 0.717) is 32.1 Å². The van der Waals surface area contributed by atoms with Crippen molar-refractivity contribution in [2.45, 2.75) is 31.3 Å². The first-order valence-corrected chi connectivity index (χ1v) is 6.14. The number of aliphatic carboxylic acids is 1. The quantitative estimate of drug-likeness (QED) is 0.576. The van der Waals surface area contributed by atoms with E-state index in [1.54, 1.807) is 0 Å². The molecule has 1 heterocycles. The fourth-order valence-electron chi connectivity index (χ4n) is 2.03. The smallest absolute Gasteiger partial charge is 0.322 e. The average molecular weight is 241 g/mol. The molecule has 96 valence electrons. The lowest BCUT2D eigenvalue weighted by Gasteiger charge is -2.33. The van der Waals surface area contributed by atoms with Gasteiger partial charge in [-0.25, -0.2) is 0 Å². The monoisotopic (exact) mass is 241 g/mol. The number of hydrogen-bond acceptors (Lipinski definition) is 4. The Kier molecular flexibility index (Phi) is 3.96. The Hall–Kier alpha value is -1.14. The molecule has 6 heteroatoms. The second kappa shape index (κ2) is 5.46. The summed E-state index contributed by atoms with van der Waals surface area (Å²) in [6.45, 7) is 2.46. The van der Waals surface area contributed by atoms with Gasteiger partial charge in [-0.15, -0.1) is 0 Å². The number of carbonyl (C=O) groups excluding carboxylic acids is 1. The first kappa shape index (κ1) is 12.3. The highest BCUT2D eigenvalue weighted by Crippen LogP contribution is 2.18. The lowest BCUT2D eigenvalue weighted by molar-refractivity contribution is -0.144. The number of amides is 1. The van der Waals surface area contributed by atoms with Gasteiger partial charge in [-0.05, 0) is 12.8 Å². The molecule has 0 radical (unpaired) electrons. The summed E-state index contributed by atoms with van der Waals surface area (Å²) in [6, 6.07) is -0.127. The van der Waals surface area contributed by atoms with Gasteiger partial charge in [0.2, 0.25) is 5.91 Å². The SMILES string of the molecule is O=C(CCN1CCNCC1C(=O)O)NC1CC1. The third-order valence-corrected chi connectivity index (χ3v) is 3.21. The van der Waals surface area contributed by atoms with E-state index in [9.17, 15) is 9.59 Å². The van der Waals surface area contributed by atoms with Gasteiger partial charge in [-0.3, -0.25) is 14.5 Å². The Balaban J connectivity index is 1.75. The van der Waals surface area contributed by atoms with Gasteiger partial charge in [0.05, 0.1) is 0 Å². The van der Waals surface area contributed by atoms with Crippen molar-refractivity contribution in [1.82, 2.24) is 15.5 Å². The zero-order valence-corrected chi connectivity index (χ0v) is 9.82. The topological polar surface area (TPSA) is 81.7 Å². The third kappa shape index (κ3) is 3.67. The molecule has 0 aromatic heterocycles. The Morgan fingerprint density at radius 1 is 1.41 bits per heavy atom. The van der Waals surface area contributed by atoms with Crippen molar-refractivity contribution in [1.29, 1.82) is 0 Å². The lowest BCUT2D eigenvalue weighted by Crippen LogP contribution is -2.55. The number of carbonyl (C=O) groups is 2. The van der Waals surface area contributed by atoms with Gasteiger partial charge < -0.3 is 15.7 Å². The molecule has 0 aromatic rings. The molecule has 1 saturated heterocycles. The van der Waals surface area contributed by atoms with Crippen LogP contribution in [-0.4, -0.2) is 60.1 Å².